The molecule has 2 nitrogen and oxygen atoms in total. The molecule has 1 amide bonds. The molecular formula is C10H11BrClNO. The molecule has 0 aliphatic rings. The second-order valence-electron chi connectivity index (χ2n) is 2.97. The Morgan fingerprint density at radius 2 is 2.21 bits per heavy atom. The lowest BCUT2D eigenvalue weighted by molar-refractivity contribution is 0.0953. The van der Waals surface area contributed by atoms with Crippen LogP contribution in [-0.4, -0.2) is 17.8 Å². The number of alkyl halides is 1. The molecule has 1 N–H and O–H groups in total. The van der Waals surface area contributed by atoms with Gasteiger partial charge in [0.1, 0.15) is 0 Å². The quantitative estimate of drug-likeness (QED) is 0.845. The predicted octanol–water partition coefficient (Wildman–Crippen LogP) is 2.81. The molecule has 4 heteroatoms. The van der Waals surface area contributed by atoms with E-state index in [-0.39, 0.29) is 11.3 Å². The number of amides is 1. The number of benzene rings is 1. The summed E-state index contributed by atoms with van der Waals surface area (Å²) >= 11 is 9.03. The summed E-state index contributed by atoms with van der Waals surface area (Å²) in [7, 11) is 0. The van der Waals surface area contributed by atoms with Gasteiger partial charge in [-0.3, -0.25) is 4.79 Å². The molecule has 0 radical (unpaired) electrons. The third-order valence-electron chi connectivity index (χ3n) is 1.66. The average Bonchev–Trinajstić information content (AvgIpc) is 2.15. The van der Waals surface area contributed by atoms with Gasteiger partial charge in [0.05, 0.1) is 5.56 Å². The summed E-state index contributed by atoms with van der Waals surface area (Å²) in [4.78, 5) is 11.6. The van der Waals surface area contributed by atoms with Crippen molar-refractivity contribution in [3.63, 3.8) is 0 Å². The van der Waals surface area contributed by atoms with E-state index in [0.717, 1.165) is 4.47 Å². The summed E-state index contributed by atoms with van der Waals surface area (Å²) in [6.07, 6.45) is 0. The Morgan fingerprint density at radius 3 is 2.79 bits per heavy atom. The number of carbonyl (C=O) groups excluding carboxylic acids is 1. The highest BCUT2D eigenvalue weighted by Crippen LogP contribution is 2.15. The molecule has 1 rings (SSSR count). The van der Waals surface area contributed by atoms with E-state index in [2.05, 4.69) is 21.2 Å². The fourth-order valence-electron chi connectivity index (χ4n) is 0.974. The Morgan fingerprint density at radius 1 is 1.57 bits per heavy atom. The summed E-state index contributed by atoms with van der Waals surface area (Å²) in [6, 6.07) is 7.28. The monoisotopic (exact) mass is 275 g/mol. The topological polar surface area (TPSA) is 29.1 Å². The molecule has 1 unspecified atom stereocenters. The van der Waals surface area contributed by atoms with Gasteiger partial charge in [-0.2, -0.15) is 0 Å². The van der Waals surface area contributed by atoms with Crippen molar-refractivity contribution in [3.05, 3.63) is 34.3 Å². The molecule has 0 bridgehead atoms. The zero-order valence-electron chi connectivity index (χ0n) is 7.76. The van der Waals surface area contributed by atoms with E-state index in [4.69, 9.17) is 11.6 Å². The van der Waals surface area contributed by atoms with E-state index in [1.807, 2.05) is 25.1 Å². The van der Waals surface area contributed by atoms with Crippen molar-refractivity contribution in [1.29, 1.82) is 0 Å². The van der Waals surface area contributed by atoms with Crippen LogP contribution in [-0.2, 0) is 0 Å². The molecule has 14 heavy (non-hydrogen) atoms. The molecule has 76 valence electrons. The van der Waals surface area contributed by atoms with Crippen molar-refractivity contribution < 1.29 is 4.79 Å². The number of rotatable bonds is 3. The predicted molar refractivity (Wildman–Crippen MR) is 61.8 cm³/mol. The molecule has 0 fully saturated rings. The van der Waals surface area contributed by atoms with Crippen LogP contribution in [0.3, 0.4) is 0 Å². The fourth-order valence-corrected chi connectivity index (χ4v) is 1.52. The van der Waals surface area contributed by atoms with Crippen LogP contribution in [0.4, 0.5) is 0 Å². The van der Waals surface area contributed by atoms with Crippen LogP contribution in [0, 0.1) is 0 Å². The molecule has 1 aromatic rings. The molecule has 1 aromatic carbocycles. The lowest BCUT2D eigenvalue weighted by atomic mass is 10.2. The van der Waals surface area contributed by atoms with Crippen molar-refractivity contribution in [2.75, 3.05) is 6.54 Å². The minimum Gasteiger partial charge on any atom is -0.351 e. The summed E-state index contributed by atoms with van der Waals surface area (Å²) in [6.45, 7) is 2.31. The number of nitrogens with one attached hydrogen (secondary N) is 1. The maximum Gasteiger partial charge on any atom is 0.252 e. The van der Waals surface area contributed by atoms with Gasteiger partial charge >= 0.3 is 0 Å². The third kappa shape index (κ3) is 3.31. The molecule has 1 atom stereocenters. The lowest BCUT2D eigenvalue weighted by Crippen LogP contribution is -2.28. The number of hydrogen-bond acceptors (Lipinski definition) is 1. The third-order valence-corrected chi connectivity index (χ3v) is 2.51. The van der Waals surface area contributed by atoms with E-state index < -0.39 is 0 Å². The molecule has 0 spiro atoms. The molecule has 0 aliphatic carbocycles. The zero-order chi connectivity index (χ0) is 10.6. The van der Waals surface area contributed by atoms with Gasteiger partial charge in [0.2, 0.25) is 0 Å². The van der Waals surface area contributed by atoms with Crippen LogP contribution < -0.4 is 5.32 Å². The number of halogens is 2. The smallest absolute Gasteiger partial charge is 0.252 e. The van der Waals surface area contributed by atoms with Crippen LogP contribution >= 0.6 is 27.5 Å². The van der Waals surface area contributed by atoms with Crippen LogP contribution in [0.2, 0.25) is 0 Å². The SMILES string of the molecule is CC(Cl)CNC(=O)c1ccccc1Br. The van der Waals surface area contributed by atoms with E-state index in [0.29, 0.717) is 12.1 Å². The van der Waals surface area contributed by atoms with Crippen LogP contribution in [0.5, 0.6) is 0 Å². The van der Waals surface area contributed by atoms with Gasteiger partial charge in [-0.05, 0) is 35.0 Å². The Hall–Kier alpha value is -0.540. The maximum absolute atomic E-state index is 11.6. The highest BCUT2D eigenvalue weighted by molar-refractivity contribution is 9.10. The van der Waals surface area contributed by atoms with Gasteiger partial charge in [0.15, 0.2) is 0 Å². The second-order valence-corrected chi connectivity index (χ2v) is 4.57. The molecule has 0 saturated heterocycles. The Labute approximate surface area is 96.8 Å². The summed E-state index contributed by atoms with van der Waals surface area (Å²) < 4.78 is 0.791. The molecule has 0 saturated carbocycles. The summed E-state index contributed by atoms with van der Waals surface area (Å²) in [5.74, 6) is -0.107. The van der Waals surface area contributed by atoms with Crippen molar-refractivity contribution >= 4 is 33.4 Å². The second kappa shape index (κ2) is 5.37. The molecule has 0 aromatic heterocycles. The van der Waals surface area contributed by atoms with Gasteiger partial charge in [0, 0.05) is 16.4 Å². The highest BCUT2D eigenvalue weighted by atomic mass is 79.9. The van der Waals surface area contributed by atoms with Gasteiger partial charge < -0.3 is 5.32 Å². The maximum atomic E-state index is 11.6. The molecular weight excluding hydrogens is 265 g/mol. The highest BCUT2D eigenvalue weighted by Gasteiger charge is 2.08. The fraction of sp³-hybridized carbons (Fsp3) is 0.300. The van der Waals surface area contributed by atoms with E-state index >= 15 is 0 Å². The average molecular weight is 277 g/mol. The van der Waals surface area contributed by atoms with Crippen molar-refractivity contribution in [3.8, 4) is 0 Å². The van der Waals surface area contributed by atoms with E-state index in [1.165, 1.54) is 0 Å². The first-order valence-corrected chi connectivity index (χ1v) is 5.51. The normalized spacial score (nSPS) is 12.2. The van der Waals surface area contributed by atoms with E-state index in [9.17, 15) is 4.79 Å². The Kier molecular flexibility index (Phi) is 4.42. The largest absolute Gasteiger partial charge is 0.351 e. The van der Waals surface area contributed by atoms with Crippen molar-refractivity contribution in [2.45, 2.75) is 12.3 Å². The molecule has 0 aliphatic heterocycles. The van der Waals surface area contributed by atoms with Crippen molar-refractivity contribution in [1.82, 2.24) is 5.32 Å². The lowest BCUT2D eigenvalue weighted by Gasteiger charge is -2.07. The number of hydrogen-bond donors (Lipinski definition) is 1. The summed E-state index contributed by atoms with van der Waals surface area (Å²) in [5, 5.41) is 2.68. The Bertz CT molecular complexity index is 328. The van der Waals surface area contributed by atoms with Crippen LogP contribution in [0.25, 0.3) is 0 Å². The summed E-state index contributed by atoms with van der Waals surface area (Å²) in [5.41, 5.74) is 0.629. The minimum atomic E-state index is -0.107. The van der Waals surface area contributed by atoms with Gasteiger partial charge in [-0.15, -0.1) is 11.6 Å². The van der Waals surface area contributed by atoms with E-state index in [1.54, 1.807) is 6.07 Å². The van der Waals surface area contributed by atoms with Gasteiger partial charge in [0.25, 0.3) is 5.91 Å². The zero-order valence-corrected chi connectivity index (χ0v) is 10.1. The Balaban J connectivity index is 2.65. The van der Waals surface area contributed by atoms with Crippen molar-refractivity contribution in [2.24, 2.45) is 0 Å². The minimum absolute atomic E-state index is 0.0542. The van der Waals surface area contributed by atoms with Gasteiger partial charge in [-0.1, -0.05) is 12.1 Å². The molecule has 0 heterocycles. The first-order chi connectivity index (χ1) is 6.61. The number of carbonyl (C=O) groups is 1. The first-order valence-electron chi connectivity index (χ1n) is 4.28. The first kappa shape index (κ1) is 11.5. The van der Waals surface area contributed by atoms with Crippen LogP contribution in [0.1, 0.15) is 17.3 Å². The van der Waals surface area contributed by atoms with Crippen LogP contribution in [0.15, 0.2) is 28.7 Å². The van der Waals surface area contributed by atoms with Gasteiger partial charge in [-0.25, -0.2) is 0 Å². The standard InChI is InChI=1S/C10H11BrClNO/c1-7(12)6-13-10(14)8-4-2-3-5-9(8)11/h2-5,7H,6H2,1H3,(H,13,14).